The number of hydrogen-bond acceptors (Lipinski definition) is 5. The molecule has 0 aromatic carbocycles. The lowest BCUT2D eigenvalue weighted by molar-refractivity contribution is -0.201. The van der Waals surface area contributed by atoms with Gasteiger partial charge in [-0.05, 0) is 84.9 Å². The summed E-state index contributed by atoms with van der Waals surface area (Å²) in [6.07, 6.45) is 6.15. The number of fused-ring (bicyclic) bond motifs is 5. The molecule has 0 spiro atoms. The monoisotopic (exact) mass is 420 g/mol. The van der Waals surface area contributed by atoms with Crippen LogP contribution in [0.25, 0.3) is 0 Å². The van der Waals surface area contributed by atoms with Crippen LogP contribution in [0, 0.1) is 46.3 Å². The second-order valence-electron chi connectivity index (χ2n) is 11.4. The summed E-state index contributed by atoms with van der Waals surface area (Å²) in [5.74, 6) is 1.92. The minimum Gasteiger partial charge on any atom is -0.469 e. The highest BCUT2D eigenvalue weighted by Gasteiger charge is 2.65. The first-order chi connectivity index (χ1) is 14.1. The SMILES string of the molecule is COC(=O)CC[C@@H](C)C1CC[C@H]2[C@@H]3[C@H](O)C[C@@H]4CC(=O)CC[C@]4(C)[C@H]3C[C@H](O)[C@]12C. The average Bonchev–Trinajstić information content (AvgIpc) is 3.06. The van der Waals surface area contributed by atoms with Crippen molar-refractivity contribution in [2.24, 2.45) is 46.3 Å². The van der Waals surface area contributed by atoms with Crippen LogP contribution in [0.3, 0.4) is 0 Å². The van der Waals surface area contributed by atoms with Crippen molar-refractivity contribution in [1.82, 2.24) is 0 Å². The molecule has 2 N–H and O–H groups in total. The van der Waals surface area contributed by atoms with Gasteiger partial charge in [0.15, 0.2) is 0 Å². The number of ether oxygens (including phenoxy) is 1. The summed E-state index contributed by atoms with van der Waals surface area (Å²) in [5.41, 5.74) is -0.167. The van der Waals surface area contributed by atoms with E-state index in [-0.39, 0.29) is 40.7 Å². The van der Waals surface area contributed by atoms with Crippen LogP contribution >= 0.6 is 0 Å². The van der Waals surface area contributed by atoms with Gasteiger partial charge in [-0.15, -0.1) is 0 Å². The molecular weight excluding hydrogens is 380 g/mol. The van der Waals surface area contributed by atoms with Gasteiger partial charge in [-0.25, -0.2) is 0 Å². The van der Waals surface area contributed by atoms with Crippen LogP contribution in [0.15, 0.2) is 0 Å². The number of rotatable bonds is 4. The fourth-order valence-electron chi connectivity index (χ4n) is 8.59. The minimum atomic E-state index is -0.391. The quantitative estimate of drug-likeness (QED) is 0.677. The van der Waals surface area contributed by atoms with Gasteiger partial charge in [-0.1, -0.05) is 20.8 Å². The molecule has 170 valence electrons. The zero-order chi connectivity index (χ0) is 21.8. The largest absolute Gasteiger partial charge is 0.469 e. The summed E-state index contributed by atoms with van der Waals surface area (Å²) in [4.78, 5) is 23.8. The topological polar surface area (TPSA) is 83.8 Å². The van der Waals surface area contributed by atoms with Crippen molar-refractivity contribution in [3.8, 4) is 0 Å². The van der Waals surface area contributed by atoms with Crippen LogP contribution < -0.4 is 0 Å². The smallest absolute Gasteiger partial charge is 0.305 e. The van der Waals surface area contributed by atoms with Crippen molar-refractivity contribution in [3.63, 3.8) is 0 Å². The molecule has 0 aromatic rings. The molecule has 0 radical (unpaired) electrons. The fraction of sp³-hybridized carbons (Fsp3) is 0.920. The molecule has 5 heteroatoms. The first kappa shape index (κ1) is 22.3. The zero-order valence-electron chi connectivity index (χ0n) is 19.1. The Hall–Kier alpha value is -0.940. The lowest BCUT2D eigenvalue weighted by Gasteiger charge is -2.63. The van der Waals surface area contributed by atoms with Crippen molar-refractivity contribution in [2.75, 3.05) is 7.11 Å². The molecule has 5 nitrogen and oxygen atoms in total. The molecule has 0 aliphatic heterocycles. The molecule has 0 saturated heterocycles. The zero-order valence-corrected chi connectivity index (χ0v) is 19.1. The first-order valence-corrected chi connectivity index (χ1v) is 12.1. The summed E-state index contributed by atoms with van der Waals surface area (Å²) in [6, 6.07) is 0. The fourth-order valence-corrected chi connectivity index (χ4v) is 8.59. The third kappa shape index (κ3) is 3.26. The third-order valence-corrected chi connectivity index (χ3v) is 10.4. The number of aliphatic hydroxyl groups excluding tert-OH is 2. The highest BCUT2D eigenvalue weighted by molar-refractivity contribution is 5.79. The molecular formula is C25H40O5. The Morgan fingerprint density at radius 2 is 1.93 bits per heavy atom. The Morgan fingerprint density at radius 3 is 2.63 bits per heavy atom. The van der Waals surface area contributed by atoms with Gasteiger partial charge >= 0.3 is 5.97 Å². The molecule has 0 amide bonds. The summed E-state index contributed by atoms with van der Waals surface area (Å²) in [6.45, 7) is 6.78. The molecule has 0 aromatic heterocycles. The van der Waals surface area contributed by atoms with Crippen LogP contribution in [0.2, 0.25) is 0 Å². The lowest BCUT2D eigenvalue weighted by atomic mass is 9.43. The first-order valence-electron chi connectivity index (χ1n) is 12.1. The number of carbonyl (C=O) groups excluding carboxylic acids is 2. The molecule has 4 aliphatic carbocycles. The maximum Gasteiger partial charge on any atom is 0.305 e. The molecule has 10 atom stereocenters. The lowest BCUT2D eigenvalue weighted by Crippen LogP contribution is -2.62. The van der Waals surface area contributed by atoms with Gasteiger partial charge in [-0.3, -0.25) is 9.59 Å². The van der Waals surface area contributed by atoms with Crippen LogP contribution in [0.5, 0.6) is 0 Å². The van der Waals surface area contributed by atoms with Crippen molar-refractivity contribution < 1.29 is 24.5 Å². The van der Waals surface area contributed by atoms with E-state index in [0.29, 0.717) is 42.8 Å². The third-order valence-electron chi connectivity index (χ3n) is 10.4. The Balaban J connectivity index is 1.58. The molecule has 30 heavy (non-hydrogen) atoms. The van der Waals surface area contributed by atoms with Gasteiger partial charge in [-0.2, -0.15) is 0 Å². The van der Waals surface area contributed by atoms with Crippen molar-refractivity contribution in [3.05, 3.63) is 0 Å². The van der Waals surface area contributed by atoms with E-state index in [1.54, 1.807) is 0 Å². The van der Waals surface area contributed by atoms with E-state index < -0.39 is 6.10 Å². The van der Waals surface area contributed by atoms with E-state index in [0.717, 1.165) is 38.5 Å². The van der Waals surface area contributed by atoms with Crippen LogP contribution in [-0.2, 0) is 14.3 Å². The van der Waals surface area contributed by atoms with Gasteiger partial charge < -0.3 is 14.9 Å². The molecule has 4 fully saturated rings. The molecule has 1 unspecified atom stereocenters. The number of hydrogen-bond donors (Lipinski definition) is 2. The minimum absolute atomic E-state index is 0.0503. The van der Waals surface area contributed by atoms with E-state index in [9.17, 15) is 19.8 Å². The Bertz CT molecular complexity index is 691. The predicted octanol–water partition coefficient (Wildman–Crippen LogP) is 3.75. The normalized spacial score (nSPS) is 49.0. The molecule has 4 aliphatic rings. The highest BCUT2D eigenvalue weighted by Crippen LogP contribution is 2.68. The van der Waals surface area contributed by atoms with Crippen molar-refractivity contribution >= 4 is 11.8 Å². The van der Waals surface area contributed by atoms with Crippen molar-refractivity contribution in [1.29, 1.82) is 0 Å². The van der Waals surface area contributed by atoms with Crippen LogP contribution in [-0.4, -0.2) is 41.3 Å². The van der Waals surface area contributed by atoms with Gasteiger partial charge in [0, 0.05) is 19.3 Å². The predicted molar refractivity (Wildman–Crippen MR) is 113 cm³/mol. The number of aliphatic hydroxyl groups is 2. The standard InChI is InChI=1S/C25H40O5/c1-14(5-8-22(29)30-4)17-6-7-18-23-19(13-21(28)25(17,18)3)24(2)10-9-16(26)11-15(24)12-20(23)27/h14-15,17-21,23,27-28H,5-13H2,1-4H3/t14-,15+,17?,18+,19+,20-,21+,23+,24+,25-/m1/s1. The van der Waals surface area contributed by atoms with E-state index in [1.165, 1.54) is 7.11 Å². The number of esters is 1. The molecule has 0 bridgehead atoms. The molecule has 4 saturated carbocycles. The van der Waals surface area contributed by atoms with Crippen molar-refractivity contribution in [2.45, 2.75) is 90.8 Å². The summed E-state index contributed by atoms with van der Waals surface area (Å²) < 4.78 is 4.82. The van der Waals surface area contributed by atoms with E-state index in [4.69, 9.17) is 4.74 Å². The van der Waals surface area contributed by atoms with E-state index >= 15 is 0 Å². The number of Topliss-reactive ketones (excluding diaryl/α,β-unsaturated/α-hetero) is 1. The van der Waals surface area contributed by atoms with Gasteiger partial charge in [0.1, 0.15) is 5.78 Å². The number of methoxy groups -OCH3 is 1. The highest BCUT2D eigenvalue weighted by atomic mass is 16.5. The number of carbonyl (C=O) groups is 2. The van der Waals surface area contributed by atoms with Crippen LogP contribution in [0.4, 0.5) is 0 Å². The second-order valence-corrected chi connectivity index (χ2v) is 11.4. The maximum absolute atomic E-state index is 12.1. The van der Waals surface area contributed by atoms with E-state index in [2.05, 4.69) is 20.8 Å². The summed E-state index contributed by atoms with van der Waals surface area (Å²) in [5, 5.41) is 22.8. The summed E-state index contributed by atoms with van der Waals surface area (Å²) >= 11 is 0. The Kier molecular flexibility index (Phi) is 5.85. The van der Waals surface area contributed by atoms with Gasteiger partial charge in [0.25, 0.3) is 0 Å². The van der Waals surface area contributed by atoms with E-state index in [1.807, 2.05) is 0 Å². The Labute approximate surface area is 180 Å². The second kappa shape index (κ2) is 7.88. The Morgan fingerprint density at radius 1 is 1.20 bits per heavy atom. The molecule has 4 rings (SSSR count). The average molecular weight is 421 g/mol. The summed E-state index contributed by atoms with van der Waals surface area (Å²) in [7, 11) is 1.43. The number of ketones is 1. The van der Waals surface area contributed by atoms with Crippen LogP contribution in [0.1, 0.15) is 78.6 Å². The molecule has 0 heterocycles. The maximum atomic E-state index is 12.1. The van der Waals surface area contributed by atoms with Gasteiger partial charge in [0.05, 0.1) is 19.3 Å². The van der Waals surface area contributed by atoms with Gasteiger partial charge in [0.2, 0.25) is 0 Å².